The minimum Gasteiger partial charge on any atom is -0.338 e. The van der Waals surface area contributed by atoms with Crippen LogP contribution in [0.15, 0.2) is 53.7 Å². The van der Waals surface area contributed by atoms with Gasteiger partial charge in [0.05, 0.1) is 11.6 Å². The van der Waals surface area contributed by atoms with Crippen LogP contribution in [0.1, 0.15) is 0 Å². The first-order valence-corrected chi connectivity index (χ1v) is 8.47. The summed E-state index contributed by atoms with van der Waals surface area (Å²) in [5, 5.41) is 5.48. The average Bonchev–Trinajstić information content (AvgIpc) is 2.71. The normalized spacial score (nSPS) is 14.6. The molecule has 3 aromatic rings. The summed E-state index contributed by atoms with van der Waals surface area (Å²) in [6.07, 6.45) is 5.03. The molecule has 3 heterocycles. The van der Waals surface area contributed by atoms with E-state index in [-0.39, 0.29) is 18.0 Å². The van der Waals surface area contributed by atoms with Gasteiger partial charge < -0.3 is 9.80 Å². The Bertz CT molecular complexity index is 980. The highest BCUT2D eigenvalue weighted by atomic mass is 16.2. The Morgan fingerprint density at radius 3 is 2.50 bits per heavy atom. The lowest BCUT2D eigenvalue weighted by Crippen LogP contribution is -2.50. The van der Waals surface area contributed by atoms with E-state index in [1.807, 2.05) is 17.0 Å². The Kier molecular flexibility index (Phi) is 4.30. The number of fused-ring (bicyclic) bond motifs is 1. The number of rotatable bonds is 3. The Morgan fingerprint density at radius 1 is 1.00 bits per heavy atom. The number of carbonyl (C=O) groups excluding carboxylic acids is 1. The molecule has 1 saturated heterocycles. The monoisotopic (exact) mass is 350 g/mol. The van der Waals surface area contributed by atoms with Gasteiger partial charge in [-0.2, -0.15) is 5.10 Å². The SMILES string of the molecule is O=C(Cn1ncc2ccccc2c1=O)N1CCN(c2ncccn2)CC1. The van der Waals surface area contributed by atoms with Crippen LogP contribution in [-0.2, 0) is 11.3 Å². The molecule has 0 aliphatic carbocycles. The molecule has 1 fully saturated rings. The summed E-state index contributed by atoms with van der Waals surface area (Å²) in [6, 6.07) is 9.02. The van der Waals surface area contributed by atoms with Crippen LogP contribution in [0.5, 0.6) is 0 Å². The van der Waals surface area contributed by atoms with Crippen molar-refractivity contribution in [2.24, 2.45) is 0 Å². The largest absolute Gasteiger partial charge is 0.338 e. The van der Waals surface area contributed by atoms with E-state index in [0.29, 0.717) is 37.5 Å². The van der Waals surface area contributed by atoms with Crippen molar-refractivity contribution in [3.05, 3.63) is 59.3 Å². The number of hydrogen-bond acceptors (Lipinski definition) is 6. The molecule has 4 rings (SSSR count). The average molecular weight is 350 g/mol. The molecule has 8 nitrogen and oxygen atoms in total. The third kappa shape index (κ3) is 3.13. The van der Waals surface area contributed by atoms with E-state index in [2.05, 4.69) is 15.1 Å². The van der Waals surface area contributed by atoms with Crippen LogP contribution in [0, 0.1) is 0 Å². The zero-order chi connectivity index (χ0) is 17.9. The van der Waals surface area contributed by atoms with Gasteiger partial charge in [-0.05, 0) is 12.1 Å². The molecule has 132 valence electrons. The van der Waals surface area contributed by atoms with E-state index in [1.165, 1.54) is 4.68 Å². The van der Waals surface area contributed by atoms with Gasteiger partial charge in [-0.25, -0.2) is 14.6 Å². The summed E-state index contributed by atoms with van der Waals surface area (Å²) in [6.45, 7) is 2.41. The van der Waals surface area contributed by atoms with Crippen LogP contribution in [0.3, 0.4) is 0 Å². The van der Waals surface area contributed by atoms with Crippen LogP contribution >= 0.6 is 0 Å². The summed E-state index contributed by atoms with van der Waals surface area (Å²) in [5.41, 5.74) is -0.243. The van der Waals surface area contributed by atoms with Gasteiger partial charge in [-0.1, -0.05) is 18.2 Å². The van der Waals surface area contributed by atoms with Crippen LogP contribution < -0.4 is 10.5 Å². The smallest absolute Gasteiger partial charge is 0.275 e. The van der Waals surface area contributed by atoms with Crippen molar-refractivity contribution in [2.75, 3.05) is 31.1 Å². The Morgan fingerprint density at radius 2 is 1.73 bits per heavy atom. The standard InChI is InChI=1S/C18H18N6O2/c25-16(13-24-17(26)15-5-2-1-4-14(15)12-21-24)22-8-10-23(11-9-22)18-19-6-3-7-20-18/h1-7,12H,8-11,13H2. The highest BCUT2D eigenvalue weighted by molar-refractivity contribution is 5.81. The zero-order valence-electron chi connectivity index (χ0n) is 14.2. The third-order valence-electron chi connectivity index (χ3n) is 4.51. The molecule has 0 N–H and O–H groups in total. The van der Waals surface area contributed by atoms with E-state index >= 15 is 0 Å². The summed E-state index contributed by atoms with van der Waals surface area (Å²) in [7, 11) is 0. The molecule has 1 aromatic carbocycles. The van der Waals surface area contributed by atoms with E-state index in [4.69, 9.17) is 0 Å². The number of carbonyl (C=O) groups is 1. The first kappa shape index (κ1) is 16.2. The van der Waals surface area contributed by atoms with E-state index < -0.39 is 0 Å². The van der Waals surface area contributed by atoms with E-state index in [9.17, 15) is 9.59 Å². The molecule has 1 aliphatic rings. The number of nitrogens with zero attached hydrogens (tertiary/aromatic N) is 6. The molecule has 0 radical (unpaired) electrons. The second-order valence-electron chi connectivity index (χ2n) is 6.11. The highest BCUT2D eigenvalue weighted by Gasteiger charge is 2.23. The highest BCUT2D eigenvalue weighted by Crippen LogP contribution is 2.10. The van der Waals surface area contributed by atoms with Crippen molar-refractivity contribution in [3.63, 3.8) is 0 Å². The molecular weight excluding hydrogens is 332 g/mol. The van der Waals surface area contributed by atoms with Crippen molar-refractivity contribution in [1.82, 2.24) is 24.6 Å². The van der Waals surface area contributed by atoms with Gasteiger partial charge in [0.15, 0.2) is 0 Å². The fourth-order valence-corrected chi connectivity index (χ4v) is 3.08. The number of aromatic nitrogens is 4. The zero-order valence-corrected chi connectivity index (χ0v) is 14.2. The van der Waals surface area contributed by atoms with Gasteiger partial charge in [-0.15, -0.1) is 0 Å². The lowest BCUT2D eigenvalue weighted by atomic mass is 10.2. The number of anilines is 1. The fraction of sp³-hybridized carbons (Fsp3) is 0.278. The Labute approximate surface area is 149 Å². The Balaban J connectivity index is 1.43. The predicted molar refractivity (Wildman–Crippen MR) is 96.8 cm³/mol. The molecule has 2 aromatic heterocycles. The Hall–Kier alpha value is -3.29. The van der Waals surface area contributed by atoms with Crippen LogP contribution in [-0.4, -0.2) is 56.7 Å². The maximum absolute atomic E-state index is 12.6. The van der Waals surface area contributed by atoms with Gasteiger partial charge in [0.2, 0.25) is 11.9 Å². The summed E-state index contributed by atoms with van der Waals surface area (Å²) >= 11 is 0. The first-order chi connectivity index (χ1) is 12.7. The maximum atomic E-state index is 12.6. The number of benzene rings is 1. The van der Waals surface area contributed by atoms with Crippen molar-refractivity contribution in [3.8, 4) is 0 Å². The second-order valence-corrected chi connectivity index (χ2v) is 6.11. The molecule has 8 heteroatoms. The van der Waals surface area contributed by atoms with Gasteiger partial charge in [0.1, 0.15) is 6.54 Å². The fourth-order valence-electron chi connectivity index (χ4n) is 3.08. The van der Waals surface area contributed by atoms with Crippen molar-refractivity contribution in [1.29, 1.82) is 0 Å². The van der Waals surface area contributed by atoms with Crippen LogP contribution in [0.4, 0.5) is 5.95 Å². The predicted octanol–water partition coefficient (Wildman–Crippen LogP) is 0.535. The van der Waals surface area contributed by atoms with Crippen LogP contribution in [0.2, 0.25) is 0 Å². The molecule has 0 saturated carbocycles. The van der Waals surface area contributed by atoms with Gasteiger partial charge in [0.25, 0.3) is 5.56 Å². The summed E-state index contributed by atoms with van der Waals surface area (Å²) in [5.74, 6) is 0.565. The topological polar surface area (TPSA) is 84.2 Å². The molecule has 0 unspecified atom stereocenters. The lowest BCUT2D eigenvalue weighted by Gasteiger charge is -2.34. The first-order valence-electron chi connectivity index (χ1n) is 8.47. The van der Waals surface area contributed by atoms with E-state index in [0.717, 1.165) is 5.39 Å². The van der Waals surface area contributed by atoms with E-state index in [1.54, 1.807) is 41.7 Å². The minimum absolute atomic E-state index is 0.0501. The molecule has 1 amide bonds. The van der Waals surface area contributed by atoms with Crippen molar-refractivity contribution >= 4 is 22.6 Å². The number of hydrogen-bond donors (Lipinski definition) is 0. The molecule has 0 spiro atoms. The third-order valence-corrected chi connectivity index (χ3v) is 4.51. The molecular formula is C18H18N6O2. The lowest BCUT2D eigenvalue weighted by molar-refractivity contribution is -0.132. The maximum Gasteiger partial charge on any atom is 0.275 e. The second kappa shape index (κ2) is 6.91. The van der Waals surface area contributed by atoms with Crippen molar-refractivity contribution < 1.29 is 4.79 Å². The molecule has 0 atom stereocenters. The number of piperazine rings is 1. The quantitative estimate of drug-likeness (QED) is 0.685. The van der Waals surface area contributed by atoms with Crippen molar-refractivity contribution in [2.45, 2.75) is 6.54 Å². The van der Waals surface area contributed by atoms with Gasteiger partial charge in [-0.3, -0.25) is 9.59 Å². The number of amides is 1. The minimum atomic E-state index is -0.243. The van der Waals surface area contributed by atoms with Gasteiger partial charge in [0, 0.05) is 44.0 Å². The van der Waals surface area contributed by atoms with Gasteiger partial charge >= 0.3 is 0 Å². The molecule has 0 bridgehead atoms. The summed E-state index contributed by atoms with van der Waals surface area (Å²) in [4.78, 5) is 37.3. The molecule has 26 heavy (non-hydrogen) atoms. The van der Waals surface area contributed by atoms with Crippen LogP contribution in [0.25, 0.3) is 10.8 Å². The summed E-state index contributed by atoms with van der Waals surface area (Å²) < 4.78 is 1.23. The molecule has 1 aliphatic heterocycles.